The van der Waals surface area contributed by atoms with Gasteiger partial charge in [0, 0.05) is 5.92 Å². The van der Waals surface area contributed by atoms with Crippen molar-refractivity contribution in [3.63, 3.8) is 0 Å². The lowest BCUT2D eigenvalue weighted by molar-refractivity contribution is 0.506. The Morgan fingerprint density at radius 3 is 2.76 bits per heavy atom. The van der Waals surface area contributed by atoms with Gasteiger partial charge in [0.15, 0.2) is 4.67 Å². The van der Waals surface area contributed by atoms with Crippen LogP contribution in [0.3, 0.4) is 0 Å². The highest BCUT2D eigenvalue weighted by Gasteiger charge is 2.43. The summed E-state index contributed by atoms with van der Waals surface area (Å²) >= 11 is 3.22. The number of nitriles is 1. The van der Waals surface area contributed by atoms with Crippen LogP contribution in [0.15, 0.2) is 61.1 Å². The second-order valence-corrected chi connectivity index (χ2v) is 6.49. The molecule has 124 valence electrons. The highest BCUT2D eigenvalue weighted by Crippen LogP contribution is 2.54. The molecule has 2 aromatic heterocycles. The molecule has 1 aliphatic rings. The Hall–Kier alpha value is -2.85. The van der Waals surface area contributed by atoms with Crippen LogP contribution in [-0.2, 0) is 0 Å². The summed E-state index contributed by atoms with van der Waals surface area (Å²) in [6.07, 6.45) is 2.47. The fourth-order valence-electron chi connectivity index (χ4n) is 2.74. The maximum atomic E-state index is 9.25. The van der Waals surface area contributed by atoms with Gasteiger partial charge in [0.1, 0.15) is 11.8 Å². The minimum Gasteiger partial charge on any atom is -0.448 e. The minimum atomic E-state index is 0.200. The Balaban J connectivity index is 1.47. The topological polar surface area (TPSA) is 87.4 Å². The molecule has 25 heavy (non-hydrogen) atoms. The normalized spacial score (nSPS) is 19.0. The summed E-state index contributed by atoms with van der Waals surface area (Å²) in [5, 5.41) is 13.3. The molecule has 1 N–H and O–H groups in total. The van der Waals surface area contributed by atoms with Gasteiger partial charge in [0.2, 0.25) is 11.6 Å². The lowest BCUT2D eigenvalue weighted by Gasteiger charge is -1.97. The van der Waals surface area contributed by atoms with Crippen LogP contribution in [0.5, 0.6) is 0 Å². The van der Waals surface area contributed by atoms with E-state index in [0.29, 0.717) is 22.2 Å². The number of nitrogens with one attached hydrogen (secondary N) is 1. The van der Waals surface area contributed by atoms with E-state index in [1.165, 1.54) is 11.8 Å². The molecule has 6 nitrogen and oxygen atoms in total. The van der Waals surface area contributed by atoms with Gasteiger partial charge in [-0.2, -0.15) is 10.4 Å². The summed E-state index contributed by atoms with van der Waals surface area (Å²) in [5.41, 5.74) is 4.19. The van der Waals surface area contributed by atoms with E-state index >= 15 is 0 Å². The van der Waals surface area contributed by atoms with E-state index in [1.807, 2.05) is 24.3 Å². The average Bonchev–Trinajstić information content (AvgIpc) is 3.17. The van der Waals surface area contributed by atoms with Gasteiger partial charge in [0.25, 0.3) is 5.88 Å². The molecule has 0 radical (unpaired) electrons. The van der Waals surface area contributed by atoms with E-state index in [9.17, 15) is 5.26 Å². The Morgan fingerprint density at radius 1 is 1.20 bits per heavy atom. The second kappa shape index (κ2) is 6.57. The molecular weight excluding hydrogens is 384 g/mol. The van der Waals surface area contributed by atoms with Crippen molar-refractivity contribution in [2.45, 2.75) is 18.3 Å². The molecule has 1 fully saturated rings. The van der Waals surface area contributed by atoms with E-state index < -0.39 is 0 Å². The van der Waals surface area contributed by atoms with Crippen molar-refractivity contribution >= 4 is 28.0 Å². The van der Waals surface area contributed by atoms with Crippen LogP contribution in [0.2, 0.25) is 0 Å². The number of rotatable bonds is 5. The van der Waals surface area contributed by atoms with Gasteiger partial charge in [-0.1, -0.05) is 30.3 Å². The van der Waals surface area contributed by atoms with Gasteiger partial charge in [-0.15, -0.1) is 0 Å². The van der Waals surface area contributed by atoms with Crippen molar-refractivity contribution in [1.82, 2.24) is 4.98 Å². The molecule has 0 spiro atoms. The number of nitrogens with zero attached hydrogens (tertiary/aromatic N) is 3. The molecule has 0 amide bonds. The predicted molar refractivity (Wildman–Crippen MR) is 95.4 cm³/mol. The highest BCUT2D eigenvalue weighted by molar-refractivity contribution is 9.10. The molecule has 2 atom stereocenters. The molecule has 0 aliphatic heterocycles. The first-order valence-corrected chi connectivity index (χ1v) is 8.54. The van der Waals surface area contributed by atoms with Crippen LogP contribution >= 0.6 is 15.9 Å². The predicted octanol–water partition coefficient (Wildman–Crippen LogP) is 4.62. The van der Waals surface area contributed by atoms with E-state index in [2.05, 4.69) is 43.6 Å². The summed E-state index contributed by atoms with van der Waals surface area (Å²) in [6, 6.07) is 15.8. The minimum absolute atomic E-state index is 0.200. The van der Waals surface area contributed by atoms with Crippen molar-refractivity contribution in [3.05, 3.63) is 70.0 Å². The van der Waals surface area contributed by atoms with Crippen molar-refractivity contribution in [2.75, 3.05) is 5.43 Å². The SMILES string of the molecule is N#Cc1nc([C@H]2C[C@@H]2c2ccccc2)oc1N/N=C\c1ccc(Br)o1. The zero-order valence-corrected chi connectivity index (χ0v) is 14.6. The largest absolute Gasteiger partial charge is 0.448 e. The number of hydrazone groups is 1. The fourth-order valence-corrected chi connectivity index (χ4v) is 3.05. The standard InChI is InChI=1S/C18H13BrN4O2/c19-16-7-6-12(24-16)10-21-23-18-15(9-20)22-17(25-18)14-8-13(14)11-4-2-1-3-5-11/h1-7,10,13-14,23H,8H2/b21-10-/t13-,14+/m1/s1. The first kappa shape index (κ1) is 15.7. The maximum Gasteiger partial charge on any atom is 0.252 e. The number of anilines is 1. The zero-order valence-electron chi connectivity index (χ0n) is 13.0. The van der Waals surface area contributed by atoms with Crippen LogP contribution in [0.25, 0.3) is 0 Å². The quantitative estimate of drug-likeness (QED) is 0.502. The third kappa shape index (κ3) is 3.35. The zero-order chi connectivity index (χ0) is 17.2. The van der Waals surface area contributed by atoms with Crippen LogP contribution in [0.4, 0.5) is 5.88 Å². The van der Waals surface area contributed by atoms with Gasteiger partial charge in [0.05, 0.1) is 6.21 Å². The summed E-state index contributed by atoms with van der Waals surface area (Å²) in [6.45, 7) is 0. The Kier molecular flexibility index (Phi) is 4.12. The smallest absolute Gasteiger partial charge is 0.252 e. The molecule has 2 heterocycles. The summed E-state index contributed by atoms with van der Waals surface area (Å²) in [5.74, 6) is 1.99. The first-order chi connectivity index (χ1) is 12.2. The van der Waals surface area contributed by atoms with Crippen LogP contribution in [0.1, 0.15) is 41.2 Å². The summed E-state index contributed by atoms with van der Waals surface area (Å²) in [4.78, 5) is 4.30. The molecule has 0 unspecified atom stereocenters. The van der Waals surface area contributed by atoms with Crippen molar-refractivity contribution in [1.29, 1.82) is 5.26 Å². The van der Waals surface area contributed by atoms with Crippen LogP contribution < -0.4 is 5.43 Å². The molecule has 3 aromatic rings. The maximum absolute atomic E-state index is 9.25. The molecule has 0 saturated heterocycles. The molecule has 7 heteroatoms. The number of furan rings is 1. The molecular formula is C18H13BrN4O2. The summed E-state index contributed by atoms with van der Waals surface area (Å²) < 4.78 is 11.7. The molecule has 0 bridgehead atoms. The van der Waals surface area contributed by atoms with Gasteiger partial charge < -0.3 is 8.83 Å². The number of benzene rings is 1. The van der Waals surface area contributed by atoms with Crippen LogP contribution in [-0.4, -0.2) is 11.2 Å². The van der Waals surface area contributed by atoms with Gasteiger partial charge in [-0.05, 0) is 46.0 Å². The molecule has 1 saturated carbocycles. The Labute approximate surface area is 152 Å². The fraction of sp³-hybridized carbons (Fsp3) is 0.167. The number of hydrogen-bond acceptors (Lipinski definition) is 6. The van der Waals surface area contributed by atoms with E-state index in [0.717, 1.165) is 6.42 Å². The number of hydrogen-bond donors (Lipinski definition) is 1. The van der Waals surface area contributed by atoms with Crippen molar-refractivity contribution < 1.29 is 8.83 Å². The first-order valence-electron chi connectivity index (χ1n) is 7.75. The van der Waals surface area contributed by atoms with E-state index in [4.69, 9.17) is 8.83 Å². The Morgan fingerprint density at radius 2 is 2.04 bits per heavy atom. The van der Waals surface area contributed by atoms with Gasteiger partial charge >= 0.3 is 0 Å². The number of aromatic nitrogens is 1. The van der Waals surface area contributed by atoms with E-state index in [-0.39, 0.29) is 17.5 Å². The van der Waals surface area contributed by atoms with Gasteiger partial charge in [-0.25, -0.2) is 10.4 Å². The molecule has 4 rings (SSSR count). The van der Waals surface area contributed by atoms with Crippen LogP contribution in [0, 0.1) is 11.3 Å². The van der Waals surface area contributed by atoms with E-state index in [1.54, 1.807) is 12.1 Å². The van der Waals surface area contributed by atoms with Crippen molar-refractivity contribution in [2.24, 2.45) is 5.10 Å². The number of oxazole rings is 1. The average molecular weight is 397 g/mol. The third-order valence-electron chi connectivity index (χ3n) is 4.04. The molecule has 1 aliphatic carbocycles. The second-order valence-electron chi connectivity index (χ2n) is 5.71. The molecule has 1 aromatic carbocycles. The lowest BCUT2D eigenvalue weighted by atomic mass is 10.1. The highest BCUT2D eigenvalue weighted by atomic mass is 79.9. The third-order valence-corrected chi connectivity index (χ3v) is 4.46. The van der Waals surface area contributed by atoms with Crippen molar-refractivity contribution in [3.8, 4) is 6.07 Å². The monoisotopic (exact) mass is 396 g/mol. The Bertz CT molecular complexity index is 955. The van der Waals surface area contributed by atoms with Gasteiger partial charge in [-0.3, -0.25) is 0 Å². The summed E-state index contributed by atoms with van der Waals surface area (Å²) in [7, 11) is 0. The number of halogens is 1. The lowest BCUT2D eigenvalue weighted by Crippen LogP contribution is -1.90.